The average molecular weight is 226 g/mol. The van der Waals surface area contributed by atoms with Crippen LogP contribution in [0.3, 0.4) is 0 Å². The van der Waals surface area contributed by atoms with Crippen LogP contribution in [-0.4, -0.2) is 17.1 Å². The van der Waals surface area contributed by atoms with Crippen molar-refractivity contribution in [2.45, 2.75) is 32.9 Å². The number of thiazole rings is 1. The van der Waals surface area contributed by atoms with Crippen LogP contribution in [0.1, 0.15) is 35.0 Å². The molecule has 0 bridgehead atoms. The van der Waals surface area contributed by atoms with E-state index in [1.165, 1.54) is 4.88 Å². The molecule has 0 amide bonds. The Balaban J connectivity index is 2.11. The van der Waals surface area contributed by atoms with E-state index in [1.807, 2.05) is 14.0 Å². The molecule has 1 aliphatic carbocycles. The molecule has 1 heterocycles. The molecule has 15 heavy (non-hydrogen) atoms. The standard InChI is InChI=1S/C11H18N2OS/c1-6-4-8(6)10(14)11-13-7(2)9(15-11)5-12-3/h6,8,10,12,14H,4-5H2,1-3H3. The van der Waals surface area contributed by atoms with Gasteiger partial charge in [-0.25, -0.2) is 4.98 Å². The van der Waals surface area contributed by atoms with Gasteiger partial charge in [0.25, 0.3) is 0 Å². The van der Waals surface area contributed by atoms with E-state index in [0.29, 0.717) is 11.8 Å². The predicted molar refractivity (Wildman–Crippen MR) is 61.8 cm³/mol. The zero-order valence-corrected chi connectivity index (χ0v) is 10.3. The highest BCUT2D eigenvalue weighted by Gasteiger charge is 2.40. The van der Waals surface area contributed by atoms with Crippen molar-refractivity contribution in [1.82, 2.24) is 10.3 Å². The Morgan fingerprint density at radius 3 is 2.87 bits per heavy atom. The third kappa shape index (κ3) is 2.22. The summed E-state index contributed by atoms with van der Waals surface area (Å²) in [4.78, 5) is 5.69. The number of rotatable bonds is 4. The highest BCUT2D eigenvalue weighted by Crippen LogP contribution is 2.47. The summed E-state index contributed by atoms with van der Waals surface area (Å²) in [6, 6.07) is 0. The summed E-state index contributed by atoms with van der Waals surface area (Å²) in [5.74, 6) is 1.11. The lowest BCUT2D eigenvalue weighted by molar-refractivity contribution is 0.147. The van der Waals surface area contributed by atoms with Crippen molar-refractivity contribution in [2.75, 3.05) is 7.05 Å². The summed E-state index contributed by atoms with van der Waals surface area (Å²) in [6.45, 7) is 5.04. The molecule has 1 aromatic rings. The van der Waals surface area contributed by atoms with Crippen LogP contribution in [0, 0.1) is 18.8 Å². The van der Waals surface area contributed by atoms with Gasteiger partial charge < -0.3 is 10.4 Å². The molecular formula is C11H18N2OS. The molecule has 0 aromatic carbocycles. The summed E-state index contributed by atoms with van der Waals surface area (Å²) in [5.41, 5.74) is 1.05. The molecule has 2 rings (SSSR count). The second-order valence-corrected chi connectivity index (χ2v) is 5.53. The SMILES string of the molecule is CNCc1sc(C(O)C2CC2C)nc1C. The molecule has 3 nitrogen and oxygen atoms in total. The molecule has 0 saturated heterocycles. The van der Waals surface area contributed by atoms with Gasteiger partial charge in [-0.3, -0.25) is 0 Å². The predicted octanol–water partition coefficient (Wildman–Crippen LogP) is 1.86. The topological polar surface area (TPSA) is 45.1 Å². The Hall–Kier alpha value is -0.450. The zero-order chi connectivity index (χ0) is 11.0. The van der Waals surface area contributed by atoms with Gasteiger partial charge in [-0.1, -0.05) is 6.92 Å². The Kier molecular flexibility index (Phi) is 3.09. The first-order valence-electron chi connectivity index (χ1n) is 5.42. The van der Waals surface area contributed by atoms with Gasteiger partial charge in [0.15, 0.2) is 0 Å². The van der Waals surface area contributed by atoms with Gasteiger partial charge in [0.05, 0.1) is 5.69 Å². The van der Waals surface area contributed by atoms with E-state index in [0.717, 1.165) is 23.7 Å². The van der Waals surface area contributed by atoms with Crippen LogP contribution in [0.15, 0.2) is 0 Å². The molecule has 3 atom stereocenters. The number of aliphatic hydroxyl groups is 1. The van der Waals surface area contributed by atoms with Crippen molar-refractivity contribution in [3.63, 3.8) is 0 Å². The first-order valence-corrected chi connectivity index (χ1v) is 6.24. The van der Waals surface area contributed by atoms with Crippen LogP contribution in [0.2, 0.25) is 0 Å². The van der Waals surface area contributed by atoms with Gasteiger partial charge in [0.1, 0.15) is 11.1 Å². The number of hydrogen-bond acceptors (Lipinski definition) is 4. The first kappa shape index (κ1) is 11.0. The third-order valence-corrected chi connectivity index (χ3v) is 4.30. The van der Waals surface area contributed by atoms with Crippen LogP contribution >= 0.6 is 11.3 Å². The molecule has 1 aromatic heterocycles. The van der Waals surface area contributed by atoms with E-state index in [2.05, 4.69) is 17.2 Å². The highest BCUT2D eigenvalue weighted by molar-refractivity contribution is 7.11. The number of aromatic nitrogens is 1. The molecule has 4 heteroatoms. The maximum absolute atomic E-state index is 10.1. The van der Waals surface area contributed by atoms with Gasteiger partial charge in [0, 0.05) is 11.4 Å². The van der Waals surface area contributed by atoms with E-state index in [4.69, 9.17) is 0 Å². The van der Waals surface area contributed by atoms with Crippen molar-refractivity contribution in [1.29, 1.82) is 0 Å². The Morgan fingerprint density at radius 2 is 2.33 bits per heavy atom. The van der Waals surface area contributed by atoms with E-state index in [-0.39, 0.29) is 6.10 Å². The quantitative estimate of drug-likeness (QED) is 0.823. The second-order valence-electron chi connectivity index (χ2n) is 4.41. The van der Waals surface area contributed by atoms with Gasteiger partial charge in [0.2, 0.25) is 0 Å². The van der Waals surface area contributed by atoms with Crippen LogP contribution in [-0.2, 0) is 6.54 Å². The second kappa shape index (κ2) is 4.20. The minimum absolute atomic E-state index is 0.339. The maximum atomic E-state index is 10.1. The summed E-state index contributed by atoms with van der Waals surface area (Å²) in [6.07, 6.45) is 0.801. The lowest BCUT2D eigenvalue weighted by Crippen LogP contribution is -2.04. The Labute approximate surface area is 94.5 Å². The molecule has 3 unspecified atom stereocenters. The third-order valence-electron chi connectivity index (χ3n) is 3.08. The number of hydrogen-bond donors (Lipinski definition) is 2. The van der Waals surface area contributed by atoms with Crippen LogP contribution in [0.25, 0.3) is 0 Å². The van der Waals surface area contributed by atoms with E-state index in [1.54, 1.807) is 11.3 Å². The molecule has 1 aliphatic rings. The van der Waals surface area contributed by atoms with E-state index >= 15 is 0 Å². The molecule has 2 N–H and O–H groups in total. The fourth-order valence-corrected chi connectivity index (χ4v) is 3.02. The van der Waals surface area contributed by atoms with Crippen molar-refractivity contribution in [3.8, 4) is 0 Å². The largest absolute Gasteiger partial charge is 0.386 e. The lowest BCUT2D eigenvalue weighted by Gasteiger charge is -2.04. The zero-order valence-electron chi connectivity index (χ0n) is 9.45. The fraction of sp³-hybridized carbons (Fsp3) is 0.727. The summed E-state index contributed by atoms with van der Waals surface area (Å²) < 4.78 is 0. The van der Waals surface area contributed by atoms with Gasteiger partial charge >= 0.3 is 0 Å². The van der Waals surface area contributed by atoms with Gasteiger partial charge in [-0.05, 0) is 32.2 Å². The number of nitrogens with one attached hydrogen (secondary N) is 1. The van der Waals surface area contributed by atoms with Crippen molar-refractivity contribution < 1.29 is 5.11 Å². The molecule has 0 aliphatic heterocycles. The van der Waals surface area contributed by atoms with Crippen molar-refractivity contribution >= 4 is 11.3 Å². The molecule has 0 spiro atoms. The molecule has 1 saturated carbocycles. The van der Waals surface area contributed by atoms with E-state index in [9.17, 15) is 5.11 Å². The molecule has 0 radical (unpaired) electrons. The van der Waals surface area contributed by atoms with Crippen LogP contribution in [0.4, 0.5) is 0 Å². The highest BCUT2D eigenvalue weighted by atomic mass is 32.1. The Bertz CT molecular complexity index is 350. The average Bonchev–Trinajstić information content (AvgIpc) is 2.81. The normalized spacial score (nSPS) is 26.7. The first-order chi connectivity index (χ1) is 7.13. The summed E-state index contributed by atoms with van der Waals surface area (Å²) in [5, 5.41) is 14.1. The fourth-order valence-electron chi connectivity index (χ4n) is 1.88. The minimum Gasteiger partial charge on any atom is -0.386 e. The summed E-state index contributed by atoms with van der Waals surface area (Å²) >= 11 is 1.64. The molecule has 84 valence electrons. The number of aliphatic hydroxyl groups excluding tert-OH is 1. The Morgan fingerprint density at radius 1 is 1.67 bits per heavy atom. The number of aryl methyl sites for hydroxylation is 1. The van der Waals surface area contributed by atoms with Crippen LogP contribution in [0.5, 0.6) is 0 Å². The van der Waals surface area contributed by atoms with Crippen LogP contribution < -0.4 is 5.32 Å². The molecule has 1 fully saturated rings. The van der Waals surface area contributed by atoms with Gasteiger partial charge in [-0.2, -0.15) is 0 Å². The van der Waals surface area contributed by atoms with Gasteiger partial charge in [-0.15, -0.1) is 11.3 Å². The van der Waals surface area contributed by atoms with Crippen molar-refractivity contribution in [3.05, 3.63) is 15.6 Å². The number of nitrogens with zero attached hydrogens (tertiary/aromatic N) is 1. The smallest absolute Gasteiger partial charge is 0.122 e. The van der Waals surface area contributed by atoms with Crippen molar-refractivity contribution in [2.24, 2.45) is 11.8 Å². The lowest BCUT2D eigenvalue weighted by atomic mass is 10.2. The monoisotopic (exact) mass is 226 g/mol. The van der Waals surface area contributed by atoms with E-state index < -0.39 is 0 Å². The maximum Gasteiger partial charge on any atom is 0.122 e. The molecular weight excluding hydrogens is 208 g/mol. The minimum atomic E-state index is -0.339. The summed E-state index contributed by atoms with van der Waals surface area (Å²) in [7, 11) is 1.93.